The number of hydrogen-bond donors (Lipinski definition) is 3. The van der Waals surface area contributed by atoms with Gasteiger partial charge in [-0.05, 0) is 18.1 Å². The van der Waals surface area contributed by atoms with Crippen LogP contribution in [-0.4, -0.2) is 35.4 Å². The third kappa shape index (κ3) is 3.50. The maximum Gasteiger partial charge on any atom is 0.117 e. The van der Waals surface area contributed by atoms with E-state index < -0.39 is 11.2 Å². The van der Waals surface area contributed by atoms with Gasteiger partial charge >= 0.3 is 0 Å². The Balaban J connectivity index is 2.02. The molecule has 1 saturated heterocycles. The fourth-order valence-electron chi connectivity index (χ4n) is 4.27. The van der Waals surface area contributed by atoms with Crippen LogP contribution in [0.25, 0.3) is 0 Å². The molecular formula is C22H30NO2+. The maximum atomic E-state index is 11.8. The van der Waals surface area contributed by atoms with E-state index in [0.717, 1.165) is 17.7 Å². The molecule has 0 amide bonds. The van der Waals surface area contributed by atoms with Gasteiger partial charge in [-0.15, -0.1) is 0 Å². The largest absolute Gasteiger partial charge is 0.389 e. The zero-order valence-electron chi connectivity index (χ0n) is 15.4. The van der Waals surface area contributed by atoms with E-state index in [2.05, 4.69) is 20.9 Å². The SMILES string of the molecule is C[C@@H]1C[C@@](O)(CC(O)(c2ccccc2)c2ccccc2)[C@@H](C)C[NH+]1C. The van der Waals surface area contributed by atoms with Gasteiger partial charge in [-0.1, -0.05) is 67.6 Å². The predicted molar refractivity (Wildman–Crippen MR) is 100 cm³/mol. The van der Waals surface area contributed by atoms with Gasteiger partial charge < -0.3 is 15.1 Å². The fraction of sp³-hybridized carbons (Fsp3) is 0.455. The van der Waals surface area contributed by atoms with Gasteiger partial charge in [0.05, 0.1) is 25.2 Å². The van der Waals surface area contributed by atoms with Crippen molar-refractivity contribution in [2.75, 3.05) is 13.6 Å². The first-order chi connectivity index (χ1) is 11.8. The van der Waals surface area contributed by atoms with Crippen molar-refractivity contribution in [2.24, 2.45) is 5.92 Å². The van der Waals surface area contributed by atoms with Crippen LogP contribution < -0.4 is 4.90 Å². The van der Waals surface area contributed by atoms with Crippen molar-refractivity contribution in [1.82, 2.24) is 0 Å². The average Bonchev–Trinajstić information content (AvgIpc) is 2.61. The highest BCUT2D eigenvalue weighted by atomic mass is 16.3. The second-order valence-electron chi connectivity index (χ2n) is 7.93. The van der Waals surface area contributed by atoms with Gasteiger partial charge in [-0.2, -0.15) is 0 Å². The number of nitrogens with one attached hydrogen (secondary N) is 1. The molecule has 0 bridgehead atoms. The minimum atomic E-state index is -1.20. The van der Waals surface area contributed by atoms with Crippen LogP contribution in [0, 0.1) is 5.92 Å². The summed E-state index contributed by atoms with van der Waals surface area (Å²) in [5.74, 6) is 0.127. The summed E-state index contributed by atoms with van der Waals surface area (Å²) >= 11 is 0. The van der Waals surface area contributed by atoms with Crippen molar-refractivity contribution >= 4 is 0 Å². The normalized spacial score (nSPS) is 30.2. The molecule has 0 saturated carbocycles. The minimum Gasteiger partial charge on any atom is -0.389 e. The summed E-state index contributed by atoms with van der Waals surface area (Å²) < 4.78 is 0. The van der Waals surface area contributed by atoms with Crippen molar-refractivity contribution in [3.05, 3.63) is 71.8 Å². The molecule has 1 fully saturated rings. The predicted octanol–water partition coefficient (Wildman–Crippen LogP) is 1.99. The molecule has 1 heterocycles. The first kappa shape index (κ1) is 18.1. The van der Waals surface area contributed by atoms with Crippen molar-refractivity contribution in [3.8, 4) is 0 Å². The van der Waals surface area contributed by atoms with Crippen LogP contribution >= 0.6 is 0 Å². The zero-order chi connectivity index (χ0) is 18.1. The van der Waals surface area contributed by atoms with Gasteiger partial charge in [0.1, 0.15) is 5.60 Å². The third-order valence-corrected chi connectivity index (χ3v) is 6.11. The Morgan fingerprint density at radius 3 is 1.96 bits per heavy atom. The molecule has 1 unspecified atom stereocenters. The Morgan fingerprint density at radius 1 is 1.00 bits per heavy atom. The maximum absolute atomic E-state index is 11.8. The van der Waals surface area contributed by atoms with E-state index in [0.29, 0.717) is 18.9 Å². The van der Waals surface area contributed by atoms with E-state index in [1.165, 1.54) is 4.90 Å². The summed E-state index contributed by atoms with van der Waals surface area (Å²) in [6.45, 7) is 5.19. The molecule has 0 aliphatic carbocycles. The smallest absolute Gasteiger partial charge is 0.117 e. The second-order valence-corrected chi connectivity index (χ2v) is 7.93. The van der Waals surface area contributed by atoms with Gasteiger partial charge in [0.15, 0.2) is 0 Å². The summed E-state index contributed by atoms with van der Waals surface area (Å²) in [5, 5.41) is 23.3. The molecule has 3 nitrogen and oxygen atoms in total. The highest BCUT2D eigenvalue weighted by Gasteiger charge is 2.49. The number of rotatable bonds is 4. The minimum absolute atomic E-state index is 0.127. The summed E-state index contributed by atoms with van der Waals surface area (Å²) in [6, 6.07) is 19.8. The fourth-order valence-corrected chi connectivity index (χ4v) is 4.27. The lowest BCUT2D eigenvalue weighted by Crippen LogP contribution is -3.15. The summed E-state index contributed by atoms with van der Waals surface area (Å²) in [5.41, 5.74) is -0.419. The highest BCUT2D eigenvalue weighted by Crippen LogP contribution is 2.41. The molecule has 3 N–H and O–H groups in total. The monoisotopic (exact) mass is 340 g/mol. The summed E-state index contributed by atoms with van der Waals surface area (Å²) in [6.07, 6.45) is 1.01. The van der Waals surface area contributed by atoms with Gasteiger partial charge in [-0.3, -0.25) is 0 Å². The molecule has 0 spiro atoms. The van der Waals surface area contributed by atoms with Crippen molar-refractivity contribution in [3.63, 3.8) is 0 Å². The average molecular weight is 340 g/mol. The highest BCUT2D eigenvalue weighted by molar-refractivity contribution is 5.36. The van der Waals surface area contributed by atoms with E-state index in [1.54, 1.807) is 0 Å². The van der Waals surface area contributed by atoms with Crippen LogP contribution in [0.2, 0.25) is 0 Å². The number of quaternary nitrogens is 1. The first-order valence-electron chi connectivity index (χ1n) is 9.23. The van der Waals surface area contributed by atoms with E-state index in [-0.39, 0.29) is 5.92 Å². The van der Waals surface area contributed by atoms with Gasteiger partial charge in [0.25, 0.3) is 0 Å². The van der Waals surface area contributed by atoms with Crippen LogP contribution in [0.3, 0.4) is 0 Å². The number of hydrogen-bond acceptors (Lipinski definition) is 2. The topological polar surface area (TPSA) is 44.9 Å². The van der Waals surface area contributed by atoms with Gasteiger partial charge in [0, 0.05) is 18.8 Å². The molecule has 3 heteroatoms. The number of benzene rings is 2. The molecule has 0 aromatic heterocycles. The Labute approximate surface area is 150 Å². The van der Waals surface area contributed by atoms with E-state index in [9.17, 15) is 10.2 Å². The van der Waals surface area contributed by atoms with E-state index in [4.69, 9.17) is 0 Å². The van der Waals surface area contributed by atoms with Crippen LogP contribution in [0.15, 0.2) is 60.7 Å². The van der Waals surface area contributed by atoms with Gasteiger partial charge in [0.2, 0.25) is 0 Å². The summed E-state index contributed by atoms with van der Waals surface area (Å²) in [7, 11) is 2.18. The molecule has 3 rings (SSSR count). The molecule has 4 atom stereocenters. The Kier molecular flexibility index (Phi) is 5.01. The summed E-state index contributed by atoms with van der Waals surface area (Å²) in [4.78, 5) is 1.44. The quantitative estimate of drug-likeness (QED) is 0.797. The molecule has 2 aromatic rings. The molecule has 2 aromatic carbocycles. The van der Waals surface area contributed by atoms with Gasteiger partial charge in [-0.25, -0.2) is 0 Å². The lowest BCUT2D eigenvalue weighted by Gasteiger charge is -2.47. The Hall–Kier alpha value is -1.68. The molecule has 25 heavy (non-hydrogen) atoms. The second kappa shape index (κ2) is 6.91. The Morgan fingerprint density at radius 2 is 1.48 bits per heavy atom. The van der Waals surface area contributed by atoms with Crippen LogP contribution in [0.4, 0.5) is 0 Å². The number of piperidine rings is 1. The zero-order valence-corrected chi connectivity index (χ0v) is 15.4. The first-order valence-corrected chi connectivity index (χ1v) is 9.23. The van der Waals surface area contributed by atoms with Crippen LogP contribution in [0.5, 0.6) is 0 Å². The number of likely N-dealkylation sites (tertiary alicyclic amines) is 1. The molecular weight excluding hydrogens is 310 g/mol. The van der Waals surface area contributed by atoms with E-state index >= 15 is 0 Å². The van der Waals surface area contributed by atoms with Crippen LogP contribution in [-0.2, 0) is 5.60 Å². The van der Waals surface area contributed by atoms with Crippen LogP contribution in [0.1, 0.15) is 37.8 Å². The third-order valence-electron chi connectivity index (χ3n) is 6.11. The lowest BCUT2D eigenvalue weighted by atomic mass is 9.69. The molecule has 134 valence electrons. The molecule has 1 aliphatic heterocycles. The Bertz CT molecular complexity index is 648. The molecule has 0 radical (unpaired) electrons. The van der Waals surface area contributed by atoms with Crippen molar-refractivity contribution in [2.45, 2.75) is 43.9 Å². The standard InChI is InChI=1S/C22H29NO2/c1-17-15-23(3)18(2)14-21(17,24)16-22(25,19-10-6-4-7-11-19)20-12-8-5-9-13-20/h4-13,17-18,24-25H,14-16H2,1-3H3/p+1/t17-,18+,21+/m0/s1. The van der Waals surface area contributed by atoms with Crippen molar-refractivity contribution < 1.29 is 15.1 Å². The van der Waals surface area contributed by atoms with E-state index in [1.807, 2.05) is 60.7 Å². The molecule has 1 aliphatic rings. The lowest BCUT2D eigenvalue weighted by molar-refractivity contribution is -0.916. The number of aliphatic hydroxyl groups is 2. The van der Waals surface area contributed by atoms with Crippen molar-refractivity contribution in [1.29, 1.82) is 0 Å².